The van der Waals surface area contributed by atoms with E-state index in [0.717, 1.165) is 11.1 Å². The minimum Gasteiger partial charge on any atom is -0.361 e. The van der Waals surface area contributed by atoms with Gasteiger partial charge in [0.05, 0.1) is 0 Å². The van der Waals surface area contributed by atoms with E-state index in [9.17, 15) is 14.0 Å². The molecule has 5 nitrogen and oxygen atoms in total. The highest BCUT2D eigenvalue weighted by Gasteiger charge is 2.34. The number of aromatic amines is 1. The molecule has 27 heavy (non-hydrogen) atoms. The lowest BCUT2D eigenvalue weighted by molar-refractivity contribution is -0.142. The van der Waals surface area contributed by atoms with Crippen LogP contribution in [-0.2, 0) is 16.1 Å². The molecule has 4 rings (SSSR count). The van der Waals surface area contributed by atoms with Crippen LogP contribution in [0.25, 0.3) is 17.0 Å². The molecule has 0 aliphatic carbocycles. The Morgan fingerprint density at radius 3 is 2.70 bits per heavy atom. The van der Waals surface area contributed by atoms with Crippen molar-refractivity contribution in [1.29, 1.82) is 0 Å². The molecule has 0 saturated carbocycles. The van der Waals surface area contributed by atoms with Crippen molar-refractivity contribution in [1.82, 2.24) is 15.2 Å². The molecule has 6 heteroatoms. The van der Waals surface area contributed by atoms with Crippen LogP contribution in [0.2, 0.25) is 0 Å². The van der Waals surface area contributed by atoms with E-state index in [1.165, 1.54) is 17.0 Å². The summed E-state index contributed by atoms with van der Waals surface area (Å²) in [6, 6.07) is 13.4. The monoisotopic (exact) mass is 363 g/mol. The zero-order chi connectivity index (χ0) is 19.0. The van der Waals surface area contributed by atoms with Crippen molar-refractivity contribution in [2.45, 2.75) is 19.5 Å². The summed E-state index contributed by atoms with van der Waals surface area (Å²) in [5.41, 5.74) is 2.52. The Kier molecular flexibility index (Phi) is 4.24. The number of aromatic nitrogens is 1. The van der Waals surface area contributed by atoms with E-state index in [0.29, 0.717) is 17.5 Å². The average molecular weight is 363 g/mol. The quantitative estimate of drug-likeness (QED) is 0.702. The number of fused-ring (bicyclic) bond motifs is 1. The Morgan fingerprint density at radius 2 is 1.93 bits per heavy atom. The van der Waals surface area contributed by atoms with E-state index in [1.54, 1.807) is 25.3 Å². The first-order valence-electron chi connectivity index (χ1n) is 8.67. The predicted molar refractivity (Wildman–Crippen MR) is 101 cm³/mol. The van der Waals surface area contributed by atoms with E-state index in [-0.39, 0.29) is 23.3 Å². The van der Waals surface area contributed by atoms with E-state index in [4.69, 9.17) is 0 Å². The number of nitrogens with zero attached hydrogens (tertiary/aromatic N) is 1. The molecule has 1 aromatic heterocycles. The van der Waals surface area contributed by atoms with Gasteiger partial charge in [0.2, 0.25) is 5.91 Å². The number of hydrogen-bond donors (Lipinski definition) is 2. The van der Waals surface area contributed by atoms with Crippen LogP contribution in [0.4, 0.5) is 4.39 Å². The van der Waals surface area contributed by atoms with Gasteiger partial charge in [-0.25, -0.2) is 4.39 Å². The van der Waals surface area contributed by atoms with Gasteiger partial charge in [-0.1, -0.05) is 30.3 Å². The van der Waals surface area contributed by atoms with Crippen LogP contribution in [0.1, 0.15) is 18.1 Å². The van der Waals surface area contributed by atoms with Gasteiger partial charge in [-0.3, -0.25) is 9.59 Å². The SMILES string of the molecule is C[C@H]1C(=O)N/C(=C\c2c[nH]c3ccc(F)cc23)C(=O)N1Cc1ccccc1. The van der Waals surface area contributed by atoms with Crippen LogP contribution in [0.5, 0.6) is 0 Å². The third kappa shape index (κ3) is 3.21. The third-order valence-electron chi connectivity index (χ3n) is 4.77. The van der Waals surface area contributed by atoms with Gasteiger partial charge in [0.15, 0.2) is 0 Å². The lowest BCUT2D eigenvalue weighted by atomic mass is 10.1. The van der Waals surface area contributed by atoms with Crippen molar-refractivity contribution in [3.05, 3.63) is 77.4 Å². The normalized spacial score (nSPS) is 19.0. The van der Waals surface area contributed by atoms with Gasteiger partial charge in [-0.2, -0.15) is 0 Å². The van der Waals surface area contributed by atoms with Crippen molar-refractivity contribution >= 4 is 28.8 Å². The van der Waals surface area contributed by atoms with Gasteiger partial charge < -0.3 is 15.2 Å². The topological polar surface area (TPSA) is 65.2 Å². The molecule has 1 aliphatic rings. The Morgan fingerprint density at radius 1 is 1.15 bits per heavy atom. The molecule has 2 N–H and O–H groups in total. The molecule has 1 saturated heterocycles. The maximum atomic E-state index is 13.6. The van der Waals surface area contributed by atoms with Crippen molar-refractivity contribution in [2.24, 2.45) is 0 Å². The molecule has 3 aromatic rings. The number of piperazine rings is 1. The first-order chi connectivity index (χ1) is 13.0. The number of rotatable bonds is 3. The van der Waals surface area contributed by atoms with Crippen molar-refractivity contribution in [3.8, 4) is 0 Å². The Balaban J connectivity index is 1.69. The number of carbonyl (C=O) groups excluding carboxylic acids is 2. The minimum atomic E-state index is -0.574. The highest BCUT2D eigenvalue weighted by molar-refractivity contribution is 6.08. The van der Waals surface area contributed by atoms with E-state index in [1.807, 2.05) is 30.3 Å². The highest BCUT2D eigenvalue weighted by Crippen LogP contribution is 2.24. The standard InChI is InChI=1S/C21H18FN3O2/c1-13-20(26)24-19(21(27)25(13)12-14-5-3-2-4-6-14)9-15-11-23-18-8-7-16(22)10-17(15)18/h2-11,13,23H,12H2,1H3,(H,24,26)/b19-9-/t13-/m0/s1. The summed E-state index contributed by atoms with van der Waals surface area (Å²) >= 11 is 0. The molecule has 0 unspecified atom stereocenters. The largest absolute Gasteiger partial charge is 0.361 e. The number of amides is 2. The minimum absolute atomic E-state index is 0.180. The molecule has 1 aliphatic heterocycles. The van der Waals surface area contributed by atoms with Gasteiger partial charge >= 0.3 is 0 Å². The van der Waals surface area contributed by atoms with Crippen molar-refractivity contribution < 1.29 is 14.0 Å². The fourth-order valence-electron chi connectivity index (χ4n) is 3.24. The fraction of sp³-hybridized carbons (Fsp3) is 0.143. The molecule has 2 heterocycles. The second-order valence-corrected chi connectivity index (χ2v) is 6.58. The first kappa shape index (κ1) is 17.0. The fourth-order valence-corrected chi connectivity index (χ4v) is 3.24. The number of benzene rings is 2. The molecule has 1 fully saturated rings. The summed E-state index contributed by atoms with van der Waals surface area (Å²) in [7, 11) is 0. The third-order valence-corrected chi connectivity index (χ3v) is 4.77. The average Bonchev–Trinajstić information content (AvgIpc) is 3.06. The zero-order valence-electron chi connectivity index (χ0n) is 14.7. The zero-order valence-corrected chi connectivity index (χ0v) is 14.7. The van der Waals surface area contributed by atoms with Gasteiger partial charge in [0.25, 0.3) is 5.91 Å². The molecule has 2 aromatic carbocycles. The molecule has 2 amide bonds. The lowest BCUT2D eigenvalue weighted by Crippen LogP contribution is -2.55. The van der Waals surface area contributed by atoms with Gasteiger partial charge in [-0.05, 0) is 36.8 Å². The van der Waals surface area contributed by atoms with Crippen LogP contribution in [0, 0.1) is 5.82 Å². The molecule has 1 atom stereocenters. The van der Waals surface area contributed by atoms with Crippen molar-refractivity contribution in [2.75, 3.05) is 0 Å². The molecule has 0 spiro atoms. The lowest BCUT2D eigenvalue weighted by Gasteiger charge is -2.34. The van der Waals surface area contributed by atoms with Crippen molar-refractivity contribution in [3.63, 3.8) is 0 Å². The predicted octanol–water partition coefficient (Wildman–Crippen LogP) is 3.20. The summed E-state index contributed by atoms with van der Waals surface area (Å²) in [6.07, 6.45) is 3.28. The van der Waals surface area contributed by atoms with Crippen LogP contribution < -0.4 is 5.32 Å². The first-order valence-corrected chi connectivity index (χ1v) is 8.67. The smallest absolute Gasteiger partial charge is 0.271 e. The van der Waals surface area contributed by atoms with Crippen LogP contribution >= 0.6 is 0 Å². The number of H-pyrrole nitrogens is 1. The Hall–Kier alpha value is -3.41. The van der Waals surface area contributed by atoms with Crippen LogP contribution in [-0.4, -0.2) is 27.7 Å². The number of halogens is 1. The number of carbonyl (C=O) groups is 2. The number of hydrogen-bond acceptors (Lipinski definition) is 2. The second-order valence-electron chi connectivity index (χ2n) is 6.58. The van der Waals surface area contributed by atoms with E-state index >= 15 is 0 Å². The van der Waals surface area contributed by atoms with E-state index in [2.05, 4.69) is 10.3 Å². The molecule has 136 valence electrons. The molecule has 0 bridgehead atoms. The summed E-state index contributed by atoms with van der Waals surface area (Å²) in [5.74, 6) is -0.875. The van der Waals surface area contributed by atoms with Gasteiger partial charge in [0, 0.05) is 29.2 Å². The summed E-state index contributed by atoms with van der Waals surface area (Å²) in [4.78, 5) is 29.9. The maximum Gasteiger partial charge on any atom is 0.271 e. The van der Waals surface area contributed by atoms with Crippen LogP contribution in [0.15, 0.2) is 60.4 Å². The summed E-state index contributed by atoms with van der Waals surface area (Å²) in [6.45, 7) is 2.04. The molecular weight excluding hydrogens is 345 g/mol. The second kappa shape index (κ2) is 6.72. The maximum absolute atomic E-state index is 13.6. The number of nitrogens with one attached hydrogen (secondary N) is 2. The Labute approximate surface area is 155 Å². The highest BCUT2D eigenvalue weighted by atomic mass is 19.1. The summed E-state index contributed by atoms with van der Waals surface area (Å²) in [5, 5.41) is 3.32. The van der Waals surface area contributed by atoms with Gasteiger partial charge in [-0.15, -0.1) is 0 Å². The molecule has 0 radical (unpaired) electrons. The Bertz CT molecular complexity index is 1060. The van der Waals surface area contributed by atoms with E-state index < -0.39 is 6.04 Å². The van der Waals surface area contributed by atoms with Crippen LogP contribution in [0.3, 0.4) is 0 Å². The van der Waals surface area contributed by atoms with Gasteiger partial charge in [0.1, 0.15) is 17.6 Å². The molecular formula is C21H18FN3O2. The summed E-state index contributed by atoms with van der Waals surface area (Å²) < 4.78 is 13.6.